The van der Waals surface area contributed by atoms with Crippen LogP contribution in [0.1, 0.15) is 44.0 Å². The molecule has 3 aromatic rings. The molecule has 8 heteroatoms. The van der Waals surface area contributed by atoms with Crippen molar-refractivity contribution < 1.29 is 13.2 Å². The molecule has 1 aliphatic rings. The van der Waals surface area contributed by atoms with Gasteiger partial charge in [-0.2, -0.15) is 0 Å². The molecule has 2 aromatic carbocycles. The quantitative estimate of drug-likeness (QED) is 0.536. The van der Waals surface area contributed by atoms with Gasteiger partial charge in [0.1, 0.15) is 5.82 Å². The molecular formula is C24H30N4O3S. The van der Waals surface area contributed by atoms with Crippen LogP contribution in [-0.2, 0) is 27.0 Å². The fourth-order valence-corrected chi connectivity index (χ4v) is 5.68. The summed E-state index contributed by atoms with van der Waals surface area (Å²) in [5.41, 5.74) is 3.31. The number of rotatable bonds is 8. The maximum absolute atomic E-state index is 12.8. The van der Waals surface area contributed by atoms with Crippen LogP contribution >= 0.6 is 0 Å². The molecule has 0 radical (unpaired) electrons. The number of nitrogens with one attached hydrogen (secondary N) is 2. The van der Waals surface area contributed by atoms with Gasteiger partial charge in [0, 0.05) is 31.1 Å². The third-order valence-electron chi connectivity index (χ3n) is 5.98. The van der Waals surface area contributed by atoms with Crippen LogP contribution < -0.4 is 5.32 Å². The number of aromatic nitrogens is 2. The largest absolute Gasteiger partial charge is 0.342 e. The molecule has 170 valence electrons. The van der Waals surface area contributed by atoms with Crippen LogP contribution in [-0.4, -0.2) is 41.7 Å². The molecule has 4 rings (SSSR count). The van der Waals surface area contributed by atoms with Gasteiger partial charge in [-0.25, -0.2) is 17.7 Å². The van der Waals surface area contributed by atoms with E-state index in [1.54, 1.807) is 0 Å². The molecule has 0 spiro atoms. The molecular weight excluding hydrogens is 424 g/mol. The number of aryl methyl sites for hydroxylation is 1. The molecule has 7 nitrogen and oxygen atoms in total. The smallest absolute Gasteiger partial charge is 0.227 e. The normalized spacial score (nSPS) is 15.8. The maximum Gasteiger partial charge on any atom is 0.227 e. The zero-order valence-electron chi connectivity index (χ0n) is 18.4. The van der Waals surface area contributed by atoms with E-state index in [1.165, 1.54) is 4.31 Å². The molecule has 2 N–H and O–H groups in total. The first kappa shape index (κ1) is 22.5. The van der Waals surface area contributed by atoms with Crippen molar-refractivity contribution in [1.82, 2.24) is 14.3 Å². The number of carbonyl (C=O) groups is 1. The van der Waals surface area contributed by atoms with Crippen molar-refractivity contribution >= 4 is 32.7 Å². The Hall–Kier alpha value is -2.71. The Morgan fingerprint density at radius 2 is 1.91 bits per heavy atom. The van der Waals surface area contributed by atoms with E-state index in [9.17, 15) is 13.2 Å². The SMILES string of the molecule is CCCCc1nc2ccc(NC(=O)C3CCN(S(=O)(=O)Cc4ccccc4)CC3)cc2[nH]1. The summed E-state index contributed by atoms with van der Waals surface area (Å²) in [6.07, 6.45) is 4.16. The standard InChI is InChI=1S/C24H30N4O3S/c1-2-3-9-23-26-21-11-10-20(16-22(21)27-23)25-24(29)19-12-14-28(15-13-19)32(30,31)17-18-7-5-4-6-8-18/h4-8,10-11,16,19H,2-3,9,12-15,17H2,1H3,(H,25,29)(H,26,27). The Morgan fingerprint density at radius 1 is 1.16 bits per heavy atom. The zero-order valence-corrected chi connectivity index (χ0v) is 19.2. The second kappa shape index (κ2) is 9.83. The number of unbranched alkanes of at least 4 members (excludes halogenated alkanes) is 1. The number of anilines is 1. The maximum atomic E-state index is 12.8. The lowest BCUT2D eigenvalue weighted by Gasteiger charge is -2.30. The second-order valence-electron chi connectivity index (χ2n) is 8.42. The topological polar surface area (TPSA) is 95.2 Å². The second-order valence-corrected chi connectivity index (χ2v) is 10.4. The number of hydrogen-bond acceptors (Lipinski definition) is 4. The molecule has 2 heterocycles. The molecule has 1 saturated heterocycles. The van der Waals surface area contributed by atoms with E-state index in [2.05, 4.69) is 22.2 Å². The lowest BCUT2D eigenvalue weighted by atomic mass is 9.97. The highest BCUT2D eigenvalue weighted by Gasteiger charge is 2.31. The molecule has 1 aromatic heterocycles. The van der Waals surface area contributed by atoms with Crippen molar-refractivity contribution in [3.63, 3.8) is 0 Å². The van der Waals surface area contributed by atoms with E-state index < -0.39 is 10.0 Å². The van der Waals surface area contributed by atoms with Crippen molar-refractivity contribution in [2.45, 2.75) is 44.8 Å². The van der Waals surface area contributed by atoms with Gasteiger partial charge in [-0.05, 0) is 43.0 Å². The number of fused-ring (bicyclic) bond motifs is 1. The number of H-pyrrole nitrogens is 1. The summed E-state index contributed by atoms with van der Waals surface area (Å²) >= 11 is 0. The van der Waals surface area contributed by atoms with E-state index in [4.69, 9.17) is 0 Å². The lowest BCUT2D eigenvalue weighted by molar-refractivity contribution is -0.120. The predicted octanol–water partition coefficient (Wildman–Crippen LogP) is 4.09. The average Bonchev–Trinajstić information content (AvgIpc) is 3.20. The van der Waals surface area contributed by atoms with Crippen LogP contribution in [0.3, 0.4) is 0 Å². The number of nitrogens with zero attached hydrogens (tertiary/aromatic N) is 2. The zero-order chi connectivity index (χ0) is 22.6. The van der Waals surface area contributed by atoms with Gasteiger partial charge in [-0.15, -0.1) is 0 Å². The summed E-state index contributed by atoms with van der Waals surface area (Å²) in [7, 11) is -3.38. The number of carbonyl (C=O) groups excluding carboxylic acids is 1. The lowest BCUT2D eigenvalue weighted by Crippen LogP contribution is -2.41. The van der Waals surface area contributed by atoms with Gasteiger partial charge < -0.3 is 10.3 Å². The van der Waals surface area contributed by atoms with Gasteiger partial charge >= 0.3 is 0 Å². The van der Waals surface area contributed by atoms with E-state index in [1.807, 2.05) is 48.5 Å². The van der Waals surface area contributed by atoms with Crippen LogP contribution in [0.4, 0.5) is 5.69 Å². The minimum atomic E-state index is -3.38. The van der Waals surface area contributed by atoms with E-state index in [-0.39, 0.29) is 17.6 Å². The third-order valence-corrected chi connectivity index (χ3v) is 7.83. The molecule has 1 aliphatic heterocycles. The molecule has 1 amide bonds. The number of imidazole rings is 1. The number of piperidine rings is 1. The Kier molecular flexibility index (Phi) is 6.91. The Morgan fingerprint density at radius 3 is 2.62 bits per heavy atom. The molecule has 0 unspecified atom stereocenters. The van der Waals surface area contributed by atoms with Crippen molar-refractivity contribution in [3.05, 3.63) is 59.9 Å². The van der Waals surface area contributed by atoms with Gasteiger partial charge in [-0.1, -0.05) is 43.7 Å². The summed E-state index contributed by atoms with van der Waals surface area (Å²) in [5, 5.41) is 2.99. The number of sulfonamides is 1. The molecule has 0 aliphatic carbocycles. The van der Waals surface area contributed by atoms with Crippen LogP contribution in [0.15, 0.2) is 48.5 Å². The third kappa shape index (κ3) is 5.37. The molecule has 0 bridgehead atoms. The summed E-state index contributed by atoms with van der Waals surface area (Å²) in [6, 6.07) is 14.9. The number of benzene rings is 2. The summed E-state index contributed by atoms with van der Waals surface area (Å²) in [4.78, 5) is 20.7. The number of hydrogen-bond donors (Lipinski definition) is 2. The monoisotopic (exact) mass is 454 g/mol. The van der Waals surface area contributed by atoms with Crippen molar-refractivity contribution in [2.24, 2.45) is 5.92 Å². The fourth-order valence-electron chi connectivity index (χ4n) is 4.12. The summed E-state index contributed by atoms with van der Waals surface area (Å²) in [6.45, 7) is 2.89. The van der Waals surface area contributed by atoms with E-state index >= 15 is 0 Å². The summed E-state index contributed by atoms with van der Waals surface area (Å²) < 4.78 is 27.0. The highest BCUT2D eigenvalue weighted by Crippen LogP contribution is 2.24. The minimum Gasteiger partial charge on any atom is -0.342 e. The van der Waals surface area contributed by atoms with Crippen molar-refractivity contribution in [2.75, 3.05) is 18.4 Å². The molecule has 32 heavy (non-hydrogen) atoms. The van der Waals surface area contributed by atoms with Crippen LogP contribution in [0.2, 0.25) is 0 Å². The molecule has 1 fully saturated rings. The summed E-state index contributed by atoms with van der Waals surface area (Å²) in [5.74, 6) is 0.704. The first-order valence-corrected chi connectivity index (χ1v) is 12.9. The highest BCUT2D eigenvalue weighted by atomic mass is 32.2. The molecule has 0 atom stereocenters. The Bertz CT molecular complexity index is 1170. The number of amides is 1. The van der Waals surface area contributed by atoms with Gasteiger partial charge in [0.2, 0.25) is 15.9 Å². The average molecular weight is 455 g/mol. The number of aromatic amines is 1. The minimum absolute atomic E-state index is 0.00482. The predicted molar refractivity (Wildman–Crippen MR) is 127 cm³/mol. The Balaban J connectivity index is 1.33. The van der Waals surface area contributed by atoms with Gasteiger partial charge in [-0.3, -0.25) is 4.79 Å². The Labute approximate surface area is 189 Å². The first-order valence-electron chi connectivity index (χ1n) is 11.3. The van der Waals surface area contributed by atoms with Crippen molar-refractivity contribution in [3.8, 4) is 0 Å². The first-order chi connectivity index (χ1) is 15.4. The van der Waals surface area contributed by atoms with Crippen LogP contribution in [0.25, 0.3) is 11.0 Å². The van der Waals surface area contributed by atoms with Crippen molar-refractivity contribution in [1.29, 1.82) is 0 Å². The molecule has 0 saturated carbocycles. The van der Waals surface area contributed by atoms with E-state index in [0.717, 1.165) is 47.4 Å². The van der Waals surface area contributed by atoms with E-state index in [0.29, 0.717) is 25.9 Å². The van der Waals surface area contributed by atoms with Gasteiger partial charge in [0.05, 0.1) is 16.8 Å². The highest BCUT2D eigenvalue weighted by molar-refractivity contribution is 7.88. The van der Waals surface area contributed by atoms with Gasteiger partial charge in [0.25, 0.3) is 0 Å². The fraction of sp³-hybridized carbons (Fsp3) is 0.417. The van der Waals surface area contributed by atoms with Crippen LogP contribution in [0, 0.1) is 5.92 Å². The van der Waals surface area contributed by atoms with Crippen LogP contribution in [0.5, 0.6) is 0 Å². The van der Waals surface area contributed by atoms with Gasteiger partial charge in [0.15, 0.2) is 0 Å².